The summed E-state index contributed by atoms with van der Waals surface area (Å²) in [6.07, 6.45) is 3.12. The molecule has 4 aromatic rings. The minimum atomic E-state index is -0.256. The summed E-state index contributed by atoms with van der Waals surface area (Å²) in [5.41, 5.74) is 2.91. The molecule has 1 N–H and O–H groups in total. The molecule has 0 fully saturated rings. The van der Waals surface area contributed by atoms with Gasteiger partial charge in [-0.25, -0.2) is 0 Å². The zero-order chi connectivity index (χ0) is 22.0. The topological polar surface area (TPSA) is 82.5 Å². The van der Waals surface area contributed by atoms with Crippen LogP contribution in [0, 0.1) is 6.92 Å². The van der Waals surface area contributed by atoms with Crippen LogP contribution in [0.15, 0.2) is 67.0 Å². The monoisotopic (exact) mass is 415 g/mol. The van der Waals surface area contributed by atoms with Gasteiger partial charge in [0.15, 0.2) is 0 Å². The summed E-state index contributed by atoms with van der Waals surface area (Å²) in [4.78, 5) is 29.9. The van der Waals surface area contributed by atoms with E-state index in [2.05, 4.69) is 10.3 Å². The van der Waals surface area contributed by atoms with E-state index in [0.29, 0.717) is 28.3 Å². The van der Waals surface area contributed by atoms with Crippen LogP contribution < -0.4 is 14.8 Å². The van der Waals surface area contributed by atoms with Gasteiger partial charge in [-0.1, -0.05) is 6.07 Å². The van der Waals surface area contributed by atoms with Crippen molar-refractivity contribution in [3.63, 3.8) is 0 Å². The van der Waals surface area contributed by atoms with Crippen molar-refractivity contribution >= 4 is 28.4 Å². The first kappa shape index (κ1) is 20.2. The number of nitrogens with one attached hydrogen (secondary N) is 1. The molecule has 7 nitrogen and oxygen atoms in total. The highest BCUT2D eigenvalue weighted by Gasteiger charge is 2.23. The molecule has 2 aromatic heterocycles. The lowest BCUT2D eigenvalue weighted by Crippen LogP contribution is -2.16. The molecule has 0 radical (unpaired) electrons. The first-order valence-electron chi connectivity index (χ1n) is 9.62. The summed E-state index contributed by atoms with van der Waals surface area (Å²) < 4.78 is 12.4. The normalized spacial score (nSPS) is 10.7. The van der Waals surface area contributed by atoms with E-state index in [-0.39, 0.29) is 11.8 Å². The van der Waals surface area contributed by atoms with Crippen LogP contribution in [0.3, 0.4) is 0 Å². The van der Waals surface area contributed by atoms with E-state index in [4.69, 9.17) is 9.47 Å². The van der Waals surface area contributed by atoms with Gasteiger partial charge in [-0.2, -0.15) is 0 Å². The van der Waals surface area contributed by atoms with Gasteiger partial charge in [0.2, 0.25) is 0 Å². The highest BCUT2D eigenvalue weighted by molar-refractivity contribution is 6.08. The average Bonchev–Trinajstić information content (AvgIpc) is 3.13. The summed E-state index contributed by atoms with van der Waals surface area (Å²) in [6, 6.07) is 15.9. The van der Waals surface area contributed by atoms with Gasteiger partial charge in [0.05, 0.1) is 25.3 Å². The zero-order valence-electron chi connectivity index (χ0n) is 17.4. The number of nitrogens with zero attached hydrogens (tertiary/aromatic N) is 2. The van der Waals surface area contributed by atoms with Crippen molar-refractivity contribution in [2.24, 2.45) is 0 Å². The molecule has 0 spiro atoms. The molecule has 0 saturated carbocycles. The van der Waals surface area contributed by atoms with Crippen molar-refractivity contribution in [1.82, 2.24) is 9.55 Å². The number of aromatic nitrogens is 2. The molecule has 0 saturated heterocycles. The van der Waals surface area contributed by atoms with E-state index in [1.807, 2.05) is 19.1 Å². The molecule has 0 unspecified atom stereocenters. The average molecular weight is 415 g/mol. The number of hydrogen-bond acceptors (Lipinski definition) is 5. The van der Waals surface area contributed by atoms with E-state index in [1.165, 1.54) is 20.4 Å². The standard InChI is InChI=1S/C24H21N3O4/c1-15-12-17-13-18(26-23(28)16-6-5-11-25-14-16)9-10-19(17)27(15)24(29)22-20(30-2)7-4-8-21(22)31-3/h4-14H,1-3H3,(H,26,28). The summed E-state index contributed by atoms with van der Waals surface area (Å²) in [5.74, 6) is 0.365. The van der Waals surface area contributed by atoms with Gasteiger partial charge in [0.1, 0.15) is 17.1 Å². The Morgan fingerprint density at radius 1 is 0.968 bits per heavy atom. The second kappa shape index (κ2) is 8.31. The van der Waals surface area contributed by atoms with Gasteiger partial charge in [-0.05, 0) is 55.5 Å². The van der Waals surface area contributed by atoms with Crippen LogP contribution in [0.5, 0.6) is 11.5 Å². The van der Waals surface area contributed by atoms with Gasteiger partial charge in [-0.15, -0.1) is 0 Å². The second-order valence-corrected chi connectivity index (χ2v) is 6.93. The minimum absolute atomic E-state index is 0.251. The molecule has 2 aromatic carbocycles. The number of carbonyl (C=O) groups excluding carboxylic acids is 2. The highest BCUT2D eigenvalue weighted by atomic mass is 16.5. The van der Waals surface area contributed by atoms with Crippen LogP contribution in [0.2, 0.25) is 0 Å². The number of aryl methyl sites for hydroxylation is 1. The van der Waals surface area contributed by atoms with Crippen LogP contribution in [0.1, 0.15) is 26.4 Å². The summed E-state index contributed by atoms with van der Waals surface area (Å²) in [7, 11) is 3.03. The number of benzene rings is 2. The number of amides is 1. The van der Waals surface area contributed by atoms with Crippen molar-refractivity contribution in [1.29, 1.82) is 0 Å². The van der Waals surface area contributed by atoms with Gasteiger partial charge in [0.25, 0.3) is 11.8 Å². The van der Waals surface area contributed by atoms with E-state index in [9.17, 15) is 9.59 Å². The Morgan fingerprint density at radius 3 is 2.35 bits per heavy atom. The Balaban J connectivity index is 1.72. The van der Waals surface area contributed by atoms with Crippen molar-refractivity contribution in [3.8, 4) is 11.5 Å². The third kappa shape index (κ3) is 3.73. The molecule has 0 aliphatic carbocycles. The third-order valence-corrected chi connectivity index (χ3v) is 5.01. The molecule has 7 heteroatoms. The van der Waals surface area contributed by atoms with Crippen LogP contribution in [0.4, 0.5) is 5.69 Å². The molecule has 4 rings (SSSR count). The van der Waals surface area contributed by atoms with E-state index < -0.39 is 0 Å². The lowest BCUT2D eigenvalue weighted by atomic mass is 10.1. The maximum atomic E-state index is 13.5. The molecular weight excluding hydrogens is 394 g/mol. The minimum Gasteiger partial charge on any atom is -0.496 e. The Kier molecular flexibility index (Phi) is 5.41. The van der Waals surface area contributed by atoms with Crippen molar-refractivity contribution in [2.45, 2.75) is 6.92 Å². The van der Waals surface area contributed by atoms with Crippen LogP contribution in [0.25, 0.3) is 10.9 Å². The molecule has 2 heterocycles. The second-order valence-electron chi connectivity index (χ2n) is 6.93. The number of anilines is 1. The van der Waals surface area contributed by atoms with Crippen molar-refractivity contribution in [2.75, 3.05) is 19.5 Å². The lowest BCUT2D eigenvalue weighted by Gasteiger charge is -2.14. The molecule has 31 heavy (non-hydrogen) atoms. The molecule has 0 bridgehead atoms. The predicted octanol–water partition coefficient (Wildman–Crippen LogP) is 4.30. The van der Waals surface area contributed by atoms with Gasteiger partial charge in [-0.3, -0.25) is 19.1 Å². The fourth-order valence-corrected chi connectivity index (χ4v) is 3.57. The molecule has 1 amide bonds. The number of carbonyl (C=O) groups is 2. The zero-order valence-corrected chi connectivity index (χ0v) is 17.4. The van der Waals surface area contributed by atoms with Crippen LogP contribution in [-0.4, -0.2) is 35.6 Å². The third-order valence-electron chi connectivity index (χ3n) is 5.01. The van der Waals surface area contributed by atoms with E-state index in [0.717, 1.165) is 16.6 Å². The Bertz CT molecular complexity index is 1260. The molecule has 0 aliphatic rings. The van der Waals surface area contributed by atoms with Gasteiger partial charge >= 0.3 is 0 Å². The number of rotatable bonds is 5. The highest BCUT2D eigenvalue weighted by Crippen LogP contribution is 2.32. The van der Waals surface area contributed by atoms with Gasteiger partial charge < -0.3 is 14.8 Å². The number of methoxy groups -OCH3 is 2. The molecule has 0 aliphatic heterocycles. The Morgan fingerprint density at radius 2 is 1.71 bits per heavy atom. The summed E-state index contributed by atoms with van der Waals surface area (Å²) in [5, 5.41) is 3.69. The van der Waals surface area contributed by atoms with Crippen molar-refractivity contribution < 1.29 is 19.1 Å². The van der Waals surface area contributed by atoms with Crippen LogP contribution >= 0.6 is 0 Å². The first-order valence-corrected chi connectivity index (χ1v) is 9.62. The van der Waals surface area contributed by atoms with E-state index in [1.54, 1.807) is 53.2 Å². The number of ether oxygens (including phenoxy) is 2. The maximum absolute atomic E-state index is 13.5. The fourth-order valence-electron chi connectivity index (χ4n) is 3.57. The first-order chi connectivity index (χ1) is 15.0. The molecular formula is C24H21N3O4. The largest absolute Gasteiger partial charge is 0.496 e. The fraction of sp³-hybridized carbons (Fsp3) is 0.125. The Labute approximate surface area is 179 Å². The number of hydrogen-bond donors (Lipinski definition) is 1. The summed E-state index contributed by atoms with van der Waals surface area (Å²) >= 11 is 0. The van der Waals surface area contributed by atoms with Crippen LogP contribution in [-0.2, 0) is 0 Å². The maximum Gasteiger partial charge on any atom is 0.270 e. The summed E-state index contributed by atoms with van der Waals surface area (Å²) in [6.45, 7) is 1.85. The van der Waals surface area contributed by atoms with E-state index >= 15 is 0 Å². The Hall–Kier alpha value is -4.13. The quantitative estimate of drug-likeness (QED) is 0.525. The lowest BCUT2D eigenvalue weighted by molar-refractivity contribution is 0.0955. The smallest absolute Gasteiger partial charge is 0.270 e. The molecule has 156 valence electrons. The number of fused-ring (bicyclic) bond motifs is 1. The van der Waals surface area contributed by atoms with Crippen molar-refractivity contribution in [3.05, 3.63) is 83.8 Å². The SMILES string of the molecule is COc1cccc(OC)c1C(=O)n1c(C)cc2cc(NC(=O)c3cccnc3)ccc21. The molecule has 0 atom stereocenters. The predicted molar refractivity (Wildman–Crippen MR) is 118 cm³/mol. The van der Waals surface area contributed by atoms with Gasteiger partial charge in [0, 0.05) is 29.2 Å². The number of pyridine rings is 1.